The molecule has 0 radical (unpaired) electrons. The Morgan fingerprint density at radius 2 is 2.31 bits per heavy atom. The fraction of sp³-hybridized carbons (Fsp3) is 0.625. The molecule has 0 heterocycles. The maximum atomic E-state index is 8.59. The van der Waals surface area contributed by atoms with E-state index in [1.165, 1.54) is 6.08 Å². The summed E-state index contributed by atoms with van der Waals surface area (Å²) in [7, 11) is 1.94. The number of aliphatic hydroxyl groups is 1. The van der Waals surface area contributed by atoms with Gasteiger partial charge in [0.05, 0.1) is 6.61 Å². The van der Waals surface area contributed by atoms with Gasteiger partial charge in [-0.2, -0.15) is 0 Å². The van der Waals surface area contributed by atoms with Gasteiger partial charge in [-0.3, -0.25) is 5.41 Å². The van der Waals surface area contributed by atoms with E-state index in [2.05, 4.69) is 5.32 Å². The lowest BCUT2D eigenvalue weighted by molar-refractivity contribution is 0.223. The minimum absolute atomic E-state index is 0.0382. The fourth-order valence-electron chi connectivity index (χ4n) is 0.770. The van der Waals surface area contributed by atoms with Crippen LogP contribution < -0.4 is 11.1 Å². The van der Waals surface area contributed by atoms with Crippen LogP contribution in [0.3, 0.4) is 0 Å². The number of nitrogens with zero attached hydrogens (tertiary/aromatic N) is 1. The highest BCUT2D eigenvalue weighted by atomic mass is 16.3. The average Bonchev–Trinajstić information content (AvgIpc) is 2.03. The Morgan fingerprint density at radius 1 is 1.62 bits per heavy atom. The van der Waals surface area contributed by atoms with Gasteiger partial charge in [-0.15, -0.1) is 0 Å². The molecular formula is C8H18N4O. The topological polar surface area (TPSA) is 85.4 Å². The predicted octanol–water partition coefficient (Wildman–Crippen LogP) is -1.05. The first-order valence-corrected chi connectivity index (χ1v) is 4.20. The number of likely N-dealkylation sites (N-methyl/N-ethyl adjacent to an activating group) is 1. The molecule has 0 aromatic heterocycles. The second-order valence-electron chi connectivity index (χ2n) is 2.77. The van der Waals surface area contributed by atoms with Gasteiger partial charge in [0.1, 0.15) is 5.84 Å². The number of hydrogen-bond donors (Lipinski definition) is 4. The van der Waals surface area contributed by atoms with E-state index < -0.39 is 0 Å². The van der Waals surface area contributed by atoms with Crippen molar-refractivity contribution in [3.05, 3.63) is 12.3 Å². The zero-order valence-corrected chi connectivity index (χ0v) is 7.95. The number of amidine groups is 1. The first kappa shape index (κ1) is 11.9. The largest absolute Gasteiger partial charge is 0.395 e. The summed E-state index contributed by atoms with van der Waals surface area (Å²) in [6, 6.07) is 0. The number of rotatable bonds is 7. The first-order valence-electron chi connectivity index (χ1n) is 4.20. The fourth-order valence-corrected chi connectivity index (χ4v) is 0.770. The van der Waals surface area contributed by atoms with Crippen molar-refractivity contribution < 1.29 is 5.11 Å². The molecule has 0 aliphatic rings. The standard InChI is InChI=1S/C8H18N4O/c1-12(6-7-13)5-4-11-3-2-8(9)10/h2-3,11,13H,4-7H2,1H3,(H3,9,10)/b3-2-. The summed E-state index contributed by atoms with van der Waals surface area (Å²) >= 11 is 0. The molecule has 13 heavy (non-hydrogen) atoms. The van der Waals surface area contributed by atoms with Crippen LogP contribution >= 0.6 is 0 Å². The van der Waals surface area contributed by atoms with Crippen LogP contribution in [0.4, 0.5) is 0 Å². The molecule has 0 saturated heterocycles. The molecule has 5 nitrogen and oxygen atoms in total. The molecule has 0 rings (SSSR count). The molecule has 0 saturated carbocycles. The van der Waals surface area contributed by atoms with Crippen LogP contribution in [0.5, 0.6) is 0 Å². The van der Waals surface area contributed by atoms with Crippen molar-refractivity contribution in [2.45, 2.75) is 0 Å². The molecule has 76 valence electrons. The molecule has 5 N–H and O–H groups in total. The van der Waals surface area contributed by atoms with E-state index in [9.17, 15) is 0 Å². The van der Waals surface area contributed by atoms with E-state index in [0.29, 0.717) is 6.54 Å². The van der Waals surface area contributed by atoms with Gasteiger partial charge in [-0.05, 0) is 13.1 Å². The summed E-state index contributed by atoms with van der Waals surface area (Å²) in [4.78, 5) is 2.01. The van der Waals surface area contributed by atoms with Crippen LogP contribution in [0, 0.1) is 5.41 Å². The molecule has 0 fully saturated rings. The van der Waals surface area contributed by atoms with E-state index in [-0.39, 0.29) is 12.4 Å². The summed E-state index contributed by atoms with van der Waals surface area (Å²) in [5.74, 6) is 0.0382. The van der Waals surface area contributed by atoms with Crippen molar-refractivity contribution in [2.75, 3.05) is 33.3 Å². The molecular weight excluding hydrogens is 168 g/mol. The maximum absolute atomic E-state index is 8.59. The third-order valence-electron chi connectivity index (χ3n) is 1.50. The van der Waals surface area contributed by atoms with Crippen molar-refractivity contribution >= 4 is 5.84 Å². The third-order valence-corrected chi connectivity index (χ3v) is 1.50. The molecule has 0 spiro atoms. The molecule has 0 aliphatic heterocycles. The van der Waals surface area contributed by atoms with Crippen molar-refractivity contribution in [2.24, 2.45) is 5.73 Å². The number of aliphatic hydroxyl groups excluding tert-OH is 1. The average molecular weight is 186 g/mol. The van der Waals surface area contributed by atoms with Gasteiger partial charge in [0.15, 0.2) is 0 Å². The minimum Gasteiger partial charge on any atom is -0.395 e. The molecule has 0 unspecified atom stereocenters. The quantitative estimate of drug-likeness (QED) is 0.232. The summed E-state index contributed by atoms with van der Waals surface area (Å²) in [6.45, 7) is 2.49. The lowest BCUT2D eigenvalue weighted by Gasteiger charge is -2.14. The molecule has 5 heteroatoms. The Hall–Kier alpha value is -1.07. The Balaban J connectivity index is 3.29. The Labute approximate surface area is 78.7 Å². The van der Waals surface area contributed by atoms with Crippen molar-refractivity contribution in [3.8, 4) is 0 Å². The van der Waals surface area contributed by atoms with Gasteiger partial charge in [0.25, 0.3) is 0 Å². The van der Waals surface area contributed by atoms with E-state index in [0.717, 1.165) is 13.1 Å². The van der Waals surface area contributed by atoms with Crippen molar-refractivity contribution in [3.63, 3.8) is 0 Å². The molecule has 0 atom stereocenters. The van der Waals surface area contributed by atoms with E-state index in [1.54, 1.807) is 6.20 Å². The van der Waals surface area contributed by atoms with Gasteiger partial charge in [0, 0.05) is 25.8 Å². The normalized spacial score (nSPS) is 11.0. The van der Waals surface area contributed by atoms with Crippen LogP contribution in [-0.2, 0) is 0 Å². The Morgan fingerprint density at radius 3 is 2.85 bits per heavy atom. The molecule has 0 aromatic carbocycles. The smallest absolute Gasteiger partial charge is 0.116 e. The summed E-state index contributed by atoms with van der Waals surface area (Å²) in [5, 5.41) is 18.5. The van der Waals surface area contributed by atoms with Gasteiger partial charge < -0.3 is 21.1 Å². The van der Waals surface area contributed by atoms with E-state index in [4.69, 9.17) is 16.2 Å². The maximum Gasteiger partial charge on any atom is 0.116 e. The Bertz CT molecular complexity index is 170. The van der Waals surface area contributed by atoms with Crippen LogP contribution in [-0.4, -0.2) is 49.1 Å². The second kappa shape index (κ2) is 7.57. The highest BCUT2D eigenvalue weighted by molar-refractivity contribution is 5.88. The predicted molar refractivity (Wildman–Crippen MR) is 53.6 cm³/mol. The molecule has 0 aliphatic carbocycles. The number of nitrogens with one attached hydrogen (secondary N) is 2. The monoisotopic (exact) mass is 186 g/mol. The minimum atomic E-state index is 0.0382. The van der Waals surface area contributed by atoms with Gasteiger partial charge >= 0.3 is 0 Å². The molecule has 0 bridgehead atoms. The van der Waals surface area contributed by atoms with Gasteiger partial charge in [-0.25, -0.2) is 0 Å². The molecule has 0 aromatic rings. The van der Waals surface area contributed by atoms with Gasteiger partial charge in [-0.1, -0.05) is 0 Å². The van der Waals surface area contributed by atoms with E-state index >= 15 is 0 Å². The summed E-state index contributed by atoms with van der Waals surface area (Å²) in [5.41, 5.74) is 5.10. The van der Waals surface area contributed by atoms with Crippen molar-refractivity contribution in [1.82, 2.24) is 10.2 Å². The highest BCUT2D eigenvalue weighted by Crippen LogP contribution is 1.78. The lowest BCUT2D eigenvalue weighted by Crippen LogP contribution is -2.29. The summed E-state index contributed by atoms with van der Waals surface area (Å²) in [6.07, 6.45) is 3.14. The third kappa shape index (κ3) is 8.84. The summed E-state index contributed by atoms with van der Waals surface area (Å²) < 4.78 is 0. The van der Waals surface area contributed by atoms with Crippen LogP contribution in [0.2, 0.25) is 0 Å². The van der Waals surface area contributed by atoms with Crippen LogP contribution in [0.25, 0.3) is 0 Å². The van der Waals surface area contributed by atoms with Gasteiger partial charge in [0.2, 0.25) is 0 Å². The first-order chi connectivity index (χ1) is 6.16. The van der Waals surface area contributed by atoms with E-state index in [1.807, 2.05) is 11.9 Å². The van der Waals surface area contributed by atoms with Crippen molar-refractivity contribution in [1.29, 1.82) is 5.41 Å². The number of nitrogens with two attached hydrogens (primary N) is 1. The highest BCUT2D eigenvalue weighted by Gasteiger charge is 1.93. The SMILES string of the molecule is CN(CCO)CCN/C=C\C(=N)N. The van der Waals surface area contributed by atoms with Crippen LogP contribution in [0.1, 0.15) is 0 Å². The molecule has 0 amide bonds. The number of hydrogen-bond acceptors (Lipinski definition) is 4. The second-order valence-corrected chi connectivity index (χ2v) is 2.77. The zero-order chi connectivity index (χ0) is 10.1. The lowest BCUT2D eigenvalue weighted by atomic mass is 10.5. The van der Waals surface area contributed by atoms with Crippen LogP contribution in [0.15, 0.2) is 12.3 Å². The zero-order valence-electron chi connectivity index (χ0n) is 7.95. The Kier molecular flexibility index (Phi) is 6.95.